The van der Waals surface area contributed by atoms with Crippen LogP contribution in [0.2, 0.25) is 0 Å². The molecule has 190 valence electrons. The number of aromatic nitrogens is 6. The van der Waals surface area contributed by atoms with E-state index in [0.717, 1.165) is 4.88 Å². The molecule has 1 amide bonds. The lowest BCUT2D eigenvalue weighted by Crippen LogP contribution is -2.33. The van der Waals surface area contributed by atoms with Gasteiger partial charge >= 0.3 is 0 Å². The lowest BCUT2D eigenvalue weighted by Gasteiger charge is -2.20. The first-order chi connectivity index (χ1) is 19.0. The van der Waals surface area contributed by atoms with Gasteiger partial charge in [0.05, 0.1) is 39.2 Å². The van der Waals surface area contributed by atoms with Gasteiger partial charge in [0, 0.05) is 18.0 Å². The van der Waals surface area contributed by atoms with E-state index in [1.165, 1.54) is 20.4 Å². The minimum atomic E-state index is -0.681. The molecule has 0 spiro atoms. The molecule has 6 rings (SSSR count). The zero-order valence-electron chi connectivity index (χ0n) is 20.6. The number of benzene rings is 2. The molecule has 3 N–H and O–H groups in total. The third-order valence-corrected chi connectivity index (χ3v) is 6.76. The van der Waals surface area contributed by atoms with E-state index in [0.29, 0.717) is 33.6 Å². The highest BCUT2D eigenvalue weighted by Crippen LogP contribution is 2.22. The largest absolute Gasteiger partial charge is 0.381 e. The van der Waals surface area contributed by atoms with Crippen molar-refractivity contribution < 1.29 is 4.79 Å². The number of amides is 1. The van der Waals surface area contributed by atoms with Gasteiger partial charge in [-0.15, -0.1) is 16.4 Å². The molecule has 0 aliphatic heterocycles. The summed E-state index contributed by atoms with van der Waals surface area (Å²) < 4.78 is 2.95. The van der Waals surface area contributed by atoms with Crippen molar-refractivity contribution in [2.75, 3.05) is 5.73 Å². The maximum absolute atomic E-state index is 14.1. The maximum Gasteiger partial charge on any atom is 0.267 e. The van der Waals surface area contributed by atoms with Crippen LogP contribution in [0.1, 0.15) is 39.6 Å². The number of hydrogen-bond acceptors (Lipinski definition) is 8. The van der Waals surface area contributed by atoms with Crippen LogP contribution in [0.5, 0.6) is 0 Å². The van der Waals surface area contributed by atoms with Gasteiger partial charge in [-0.25, -0.2) is 14.5 Å². The number of nitrogen functional groups attached to an aromatic ring is 1. The van der Waals surface area contributed by atoms with Gasteiger partial charge in [0.15, 0.2) is 11.5 Å². The molecule has 0 aliphatic rings. The van der Waals surface area contributed by atoms with Gasteiger partial charge in [-0.1, -0.05) is 30.2 Å². The van der Waals surface area contributed by atoms with Crippen LogP contribution in [-0.2, 0) is 0 Å². The Balaban J connectivity index is 1.48. The Labute approximate surface area is 225 Å². The fourth-order valence-corrected chi connectivity index (χ4v) is 4.80. The standard InChI is InChI=1S/C28H20N8O2S/c1-17(32-27(37)23-24(29)34-35-14-6-13-31-26(23)35)25-33-21-10-5-7-18(11-12-20-15-30-16-39-20)22(21)28(38)36(25)19-8-3-2-4-9-19/h2-10,13-17H,1H3,(H2,29,34)(H,32,37). The van der Waals surface area contributed by atoms with Crippen LogP contribution in [0.25, 0.3) is 22.2 Å². The normalized spacial score (nSPS) is 11.7. The predicted molar refractivity (Wildman–Crippen MR) is 149 cm³/mol. The fraction of sp³-hybridized carbons (Fsp3) is 0.0714. The molecule has 2 aromatic carbocycles. The summed E-state index contributed by atoms with van der Waals surface area (Å²) in [6, 6.07) is 15.5. The van der Waals surface area contributed by atoms with Gasteiger partial charge in [0.2, 0.25) is 0 Å². The molecule has 4 aromatic heterocycles. The number of fused-ring (bicyclic) bond motifs is 2. The molecule has 1 atom stereocenters. The number of nitrogens with two attached hydrogens (primary N) is 1. The zero-order valence-corrected chi connectivity index (χ0v) is 21.4. The third-order valence-electron chi connectivity index (χ3n) is 6.07. The summed E-state index contributed by atoms with van der Waals surface area (Å²) in [6.45, 7) is 1.76. The number of hydrogen-bond donors (Lipinski definition) is 2. The van der Waals surface area contributed by atoms with E-state index in [9.17, 15) is 9.59 Å². The SMILES string of the molecule is CC(NC(=O)c1c(N)nn2cccnc12)c1nc2cccc(C#Cc3cncs3)c2c(=O)n1-c1ccccc1. The summed E-state index contributed by atoms with van der Waals surface area (Å²) in [6.07, 6.45) is 4.90. The van der Waals surface area contributed by atoms with Crippen molar-refractivity contribution >= 4 is 39.6 Å². The Bertz CT molecular complexity index is 1970. The van der Waals surface area contributed by atoms with Gasteiger partial charge < -0.3 is 11.1 Å². The number of carbonyl (C=O) groups is 1. The van der Waals surface area contributed by atoms with E-state index < -0.39 is 11.9 Å². The number of anilines is 1. The third kappa shape index (κ3) is 4.39. The minimum Gasteiger partial charge on any atom is -0.381 e. The van der Waals surface area contributed by atoms with Crippen molar-refractivity contribution in [1.82, 2.24) is 34.4 Å². The predicted octanol–water partition coefficient (Wildman–Crippen LogP) is 3.36. The molecule has 11 heteroatoms. The summed E-state index contributed by atoms with van der Waals surface area (Å²) in [4.78, 5) is 41.3. The number of rotatable bonds is 4. The van der Waals surface area contributed by atoms with E-state index in [-0.39, 0.29) is 16.9 Å². The smallest absolute Gasteiger partial charge is 0.267 e. The molecule has 10 nitrogen and oxygen atoms in total. The first kappa shape index (κ1) is 24.0. The molecule has 0 saturated heterocycles. The molecule has 6 aromatic rings. The highest BCUT2D eigenvalue weighted by Gasteiger charge is 2.24. The molecule has 39 heavy (non-hydrogen) atoms. The van der Waals surface area contributed by atoms with Crippen LogP contribution in [0.4, 0.5) is 5.82 Å². The van der Waals surface area contributed by atoms with Gasteiger partial charge in [0.1, 0.15) is 11.4 Å². The average molecular weight is 533 g/mol. The molecule has 4 heterocycles. The Morgan fingerprint density at radius 3 is 2.74 bits per heavy atom. The van der Waals surface area contributed by atoms with E-state index >= 15 is 0 Å². The van der Waals surface area contributed by atoms with Gasteiger partial charge in [-0.2, -0.15) is 0 Å². The quantitative estimate of drug-likeness (QED) is 0.333. The van der Waals surface area contributed by atoms with Gasteiger partial charge in [0.25, 0.3) is 11.5 Å². The molecular formula is C28H20N8O2S. The lowest BCUT2D eigenvalue weighted by molar-refractivity contribution is 0.0940. The second-order valence-corrected chi connectivity index (χ2v) is 9.49. The summed E-state index contributed by atoms with van der Waals surface area (Å²) in [5.41, 5.74) is 9.56. The molecule has 0 bridgehead atoms. The number of nitrogens with zero attached hydrogens (tertiary/aromatic N) is 6. The van der Waals surface area contributed by atoms with E-state index in [1.807, 2.05) is 30.3 Å². The van der Waals surface area contributed by atoms with E-state index in [4.69, 9.17) is 10.7 Å². The van der Waals surface area contributed by atoms with E-state index in [1.54, 1.807) is 55.3 Å². The van der Waals surface area contributed by atoms with Crippen molar-refractivity contribution in [1.29, 1.82) is 0 Å². The van der Waals surface area contributed by atoms with Gasteiger partial charge in [-0.05, 0) is 43.2 Å². The summed E-state index contributed by atoms with van der Waals surface area (Å²) >= 11 is 1.42. The number of nitrogens with one attached hydrogen (secondary N) is 1. The molecule has 0 fully saturated rings. The Hall–Kier alpha value is -5.34. The van der Waals surface area contributed by atoms with Gasteiger partial charge in [-0.3, -0.25) is 19.1 Å². The van der Waals surface area contributed by atoms with Crippen LogP contribution in [0, 0.1) is 11.8 Å². The van der Waals surface area contributed by atoms with Crippen LogP contribution in [-0.4, -0.2) is 35.0 Å². The number of carbonyl (C=O) groups excluding carboxylic acids is 1. The van der Waals surface area contributed by atoms with Crippen molar-refractivity contribution in [3.8, 4) is 17.5 Å². The van der Waals surface area contributed by atoms with Crippen LogP contribution < -0.4 is 16.6 Å². The molecule has 0 saturated carbocycles. The molecule has 1 unspecified atom stereocenters. The summed E-state index contributed by atoms with van der Waals surface area (Å²) in [5.74, 6) is 6.09. The van der Waals surface area contributed by atoms with Crippen LogP contribution in [0.3, 0.4) is 0 Å². The fourth-order valence-electron chi connectivity index (χ4n) is 4.33. The topological polar surface area (TPSA) is 133 Å². The second kappa shape index (κ2) is 9.85. The highest BCUT2D eigenvalue weighted by atomic mass is 32.1. The first-order valence-corrected chi connectivity index (χ1v) is 12.8. The van der Waals surface area contributed by atoms with Crippen LogP contribution >= 0.6 is 11.3 Å². The van der Waals surface area contributed by atoms with Crippen molar-refractivity contribution in [2.24, 2.45) is 0 Å². The van der Waals surface area contributed by atoms with Crippen LogP contribution in [0.15, 0.2) is 83.5 Å². The highest BCUT2D eigenvalue weighted by molar-refractivity contribution is 7.10. The maximum atomic E-state index is 14.1. The Kier molecular flexibility index (Phi) is 6.07. The monoisotopic (exact) mass is 532 g/mol. The second-order valence-electron chi connectivity index (χ2n) is 8.60. The first-order valence-electron chi connectivity index (χ1n) is 11.9. The minimum absolute atomic E-state index is 0.0504. The lowest BCUT2D eigenvalue weighted by atomic mass is 10.1. The van der Waals surface area contributed by atoms with E-state index in [2.05, 4.69) is 32.2 Å². The van der Waals surface area contributed by atoms with Crippen molar-refractivity contribution in [2.45, 2.75) is 13.0 Å². The Morgan fingerprint density at radius 1 is 1.10 bits per heavy atom. The molecule has 0 radical (unpaired) electrons. The zero-order chi connectivity index (χ0) is 26.9. The number of para-hydroxylation sites is 1. The Morgan fingerprint density at radius 2 is 1.95 bits per heavy atom. The number of thiazole rings is 1. The van der Waals surface area contributed by atoms with Crippen molar-refractivity contribution in [3.05, 3.63) is 111 Å². The molecule has 0 aliphatic carbocycles. The average Bonchev–Trinajstić information content (AvgIpc) is 3.59. The van der Waals surface area contributed by atoms with Crippen molar-refractivity contribution in [3.63, 3.8) is 0 Å². The summed E-state index contributed by atoms with van der Waals surface area (Å²) in [5, 5.41) is 7.47. The summed E-state index contributed by atoms with van der Waals surface area (Å²) in [7, 11) is 0. The molecular weight excluding hydrogens is 512 g/mol.